The van der Waals surface area contributed by atoms with E-state index in [1.54, 1.807) is 11.3 Å². The van der Waals surface area contributed by atoms with E-state index in [9.17, 15) is 0 Å². The maximum atomic E-state index is 7.32. The van der Waals surface area contributed by atoms with Crippen molar-refractivity contribution in [1.29, 1.82) is 5.41 Å². The van der Waals surface area contributed by atoms with Crippen molar-refractivity contribution in [1.82, 2.24) is 9.88 Å². The lowest BCUT2D eigenvalue weighted by molar-refractivity contribution is 0.271. The van der Waals surface area contributed by atoms with Crippen LogP contribution in [0.3, 0.4) is 0 Å². The predicted octanol–water partition coefficient (Wildman–Crippen LogP) is 0.569. The van der Waals surface area contributed by atoms with Gasteiger partial charge in [-0.3, -0.25) is 5.41 Å². The number of likely N-dealkylation sites (N-methyl/N-ethyl adjacent to an activating group) is 1. The van der Waals surface area contributed by atoms with Gasteiger partial charge < -0.3 is 15.5 Å². The average Bonchev–Trinajstić information content (AvgIpc) is 2.78. The molecule has 0 radical (unpaired) electrons. The molecule has 0 unspecified atom stereocenters. The largest absolute Gasteiger partial charge is 0.382 e. The van der Waals surface area contributed by atoms with Crippen LogP contribution in [0.15, 0.2) is 5.38 Å². The molecule has 1 aliphatic rings. The van der Waals surface area contributed by atoms with Gasteiger partial charge in [0.2, 0.25) is 0 Å². The van der Waals surface area contributed by atoms with Gasteiger partial charge in [-0.05, 0) is 6.54 Å². The number of hydrogen-bond acceptors (Lipinski definition) is 5. The molecule has 0 bridgehead atoms. The van der Waals surface area contributed by atoms with Crippen LogP contribution in [0.4, 0.5) is 5.13 Å². The SMILES string of the molecule is CCN1CCN(c2nc(C(=N)N)cs2)CC1. The standard InChI is InChI=1S/C10H17N5S/c1-2-14-3-5-15(6-4-14)10-13-8(7-16-10)9(11)12/h7H,2-6H2,1H3,(H3,11,12). The van der Waals surface area contributed by atoms with E-state index in [-0.39, 0.29) is 5.84 Å². The van der Waals surface area contributed by atoms with Gasteiger partial charge in [-0.1, -0.05) is 6.92 Å². The van der Waals surface area contributed by atoms with Gasteiger partial charge in [0.15, 0.2) is 5.13 Å². The highest BCUT2D eigenvalue weighted by Crippen LogP contribution is 2.21. The van der Waals surface area contributed by atoms with Crippen molar-refractivity contribution < 1.29 is 0 Å². The summed E-state index contributed by atoms with van der Waals surface area (Å²) in [5, 5.41) is 10.2. The molecule has 0 aromatic carbocycles. The summed E-state index contributed by atoms with van der Waals surface area (Å²) >= 11 is 1.57. The first-order valence-electron chi connectivity index (χ1n) is 5.48. The number of nitrogens with one attached hydrogen (secondary N) is 1. The number of anilines is 1. The number of piperazine rings is 1. The third-order valence-electron chi connectivity index (χ3n) is 2.86. The highest BCUT2D eigenvalue weighted by atomic mass is 32.1. The number of aromatic nitrogens is 1. The van der Waals surface area contributed by atoms with E-state index >= 15 is 0 Å². The van der Waals surface area contributed by atoms with E-state index < -0.39 is 0 Å². The molecule has 0 aliphatic carbocycles. The van der Waals surface area contributed by atoms with Crippen LogP contribution >= 0.6 is 11.3 Å². The Morgan fingerprint density at radius 2 is 2.19 bits per heavy atom. The van der Waals surface area contributed by atoms with Crippen molar-refractivity contribution in [3.05, 3.63) is 11.1 Å². The summed E-state index contributed by atoms with van der Waals surface area (Å²) in [4.78, 5) is 9.05. The molecule has 2 heterocycles. The lowest BCUT2D eigenvalue weighted by Crippen LogP contribution is -2.46. The Morgan fingerprint density at radius 3 is 2.69 bits per heavy atom. The van der Waals surface area contributed by atoms with Crippen LogP contribution in [-0.4, -0.2) is 48.4 Å². The third kappa shape index (κ3) is 2.33. The molecular formula is C10H17N5S. The lowest BCUT2D eigenvalue weighted by atomic mass is 10.3. The molecule has 1 aliphatic heterocycles. The fraction of sp³-hybridized carbons (Fsp3) is 0.600. The third-order valence-corrected chi connectivity index (χ3v) is 3.76. The molecule has 1 aromatic rings. The maximum Gasteiger partial charge on any atom is 0.186 e. The number of rotatable bonds is 3. The van der Waals surface area contributed by atoms with Gasteiger partial charge in [0.05, 0.1) is 0 Å². The molecule has 88 valence electrons. The van der Waals surface area contributed by atoms with Crippen molar-refractivity contribution in [2.75, 3.05) is 37.6 Å². The Kier molecular flexibility index (Phi) is 3.40. The zero-order chi connectivity index (χ0) is 11.5. The van der Waals surface area contributed by atoms with E-state index in [1.807, 2.05) is 5.38 Å². The van der Waals surface area contributed by atoms with Crippen LogP contribution in [0.1, 0.15) is 12.6 Å². The molecule has 0 atom stereocenters. The molecule has 1 aromatic heterocycles. The summed E-state index contributed by atoms with van der Waals surface area (Å²) in [5.74, 6) is 0.0506. The molecular weight excluding hydrogens is 222 g/mol. The van der Waals surface area contributed by atoms with Gasteiger partial charge in [-0.15, -0.1) is 11.3 Å². The highest BCUT2D eigenvalue weighted by Gasteiger charge is 2.18. The van der Waals surface area contributed by atoms with Crippen LogP contribution < -0.4 is 10.6 Å². The van der Waals surface area contributed by atoms with E-state index in [2.05, 4.69) is 21.7 Å². The monoisotopic (exact) mass is 239 g/mol. The summed E-state index contributed by atoms with van der Waals surface area (Å²) in [7, 11) is 0. The molecule has 16 heavy (non-hydrogen) atoms. The summed E-state index contributed by atoms with van der Waals surface area (Å²) < 4.78 is 0. The second kappa shape index (κ2) is 4.80. The number of thiazole rings is 1. The predicted molar refractivity (Wildman–Crippen MR) is 67.5 cm³/mol. The first-order chi connectivity index (χ1) is 7.70. The Bertz CT molecular complexity index is 367. The van der Waals surface area contributed by atoms with Gasteiger partial charge in [0.1, 0.15) is 11.5 Å². The molecule has 0 saturated carbocycles. The minimum absolute atomic E-state index is 0.0506. The molecule has 5 nitrogen and oxygen atoms in total. The average molecular weight is 239 g/mol. The van der Waals surface area contributed by atoms with Crippen molar-refractivity contribution in [3.63, 3.8) is 0 Å². The van der Waals surface area contributed by atoms with E-state index in [1.165, 1.54) is 0 Å². The second-order valence-electron chi connectivity index (χ2n) is 3.85. The summed E-state index contributed by atoms with van der Waals surface area (Å²) in [6.07, 6.45) is 0. The normalized spacial score (nSPS) is 17.7. The molecule has 3 N–H and O–H groups in total. The van der Waals surface area contributed by atoms with E-state index in [0.717, 1.165) is 37.9 Å². The Hall–Kier alpha value is -1.14. The quantitative estimate of drug-likeness (QED) is 0.597. The van der Waals surface area contributed by atoms with Crippen molar-refractivity contribution in [2.24, 2.45) is 5.73 Å². The van der Waals surface area contributed by atoms with Crippen molar-refractivity contribution in [2.45, 2.75) is 6.92 Å². The molecule has 1 fully saturated rings. The van der Waals surface area contributed by atoms with Crippen LogP contribution in [0.25, 0.3) is 0 Å². The fourth-order valence-electron chi connectivity index (χ4n) is 1.79. The maximum absolute atomic E-state index is 7.32. The van der Waals surface area contributed by atoms with Gasteiger partial charge in [-0.25, -0.2) is 4.98 Å². The number of nitrogens with two attached hydrogens (primary N) is 1. The molecule has 0 amide bonds. The van der Waals surface area contributed by atoms with Crippen LogP contribution in [-0.2, 0) is 0 Å². The van der Waals surface area contributed by atoms with Gasteiger partial charge in [0.25, 0.3) is 0 Å². The van der Waals surface area contributed by atoms with E-state index in [4.69, 9.17) is 11.1 Å². The van der Waals surface area contributed by atoms with Crippen LogP contribution in [0.5, 0.6) is 0 Å². The number of hydrogen-bond donors (Lipinski definition) is 2. The zero-order valence-corrected chi connectivity index (χ0v) is 10.3. The summed E-state index contributed by atoms with van der Waals surface area (Å²) in [5.41, 5.74) is 6.00. The number of nitrogen functional groups attached to an aromatic ring is 1. The summed E-state index contributed by atoms with van der Waals surface area (Å²) in [6.45, 7) is 7.51. The van der Waals surface area contributed by atoms with Crippen molar-refractivity contribution in [3.8, 4) is 0 Å². The summed E-state index contributed by atoms with van der Waals surface area (Å²) in [6, 6.07) is 0. The Balaban J connectivity index is 2.00. The minimum Gasteiger partial charge on any atom is -0.382 e. The second-order valence-corrected chi connectivity index (χ2v) is 4.69. The molecule has 6 heteroatoms. The van der Waals surface area contributed by atoms with Gasteiger partial charge in [-0.2, -0.15) is 0 Å². The van der Waals surface area contributed by atoms with Gasteiger partial charge >= 0.3 is 0 Å². The van der Waals surface area contributed by atoms with Crippen LogP contribution in [0, 0.1) is 5.41 Å². The number of nitrogens with zero attached hydrogens (tertiary/aromatic N) is 3. The Morgan fingerprint density at radius 1 is 1.50 bits per heavy atom. The zero-order valence-electron chi connectivity index (χ0n) is 9.44. The fourth-order valence-corrected chi connectivity index (χ4v) is 2.67. The van der Waals surface area contributed by atoms with E-state index in [0.29, 0.717) is 5.69 Å². The van der Waals surface area contributed by atoms with Gasteiger partial charge in [0, 0.05) is 31.6 Å². The molecule has 0 spiro atoms. The topological polar surface area (TPSA) is 69.2 Å². The molecule has 1 saturated heterocycles. The number of amidine groups is 1. The first-order valence-corrected chi connectivity index (χ1v) is 6.36. The van der Waals surface area contributed by atoms with Crippen LogP contribution in [0.2, 0.25) is 0 Å². The Labute approximate surface area is 99.4 Å². The first kappa shape index (κ1) is 11.3. The highest BCUT2D eigenvalue weighted by molar-refractivity contribution is 7.13. The smallest absolute Gasteiger partial charge is 0.186 e. The lowest BCUT2D eigenvalue weighted by Gasteiger charge is -2.33. The minimum atomic E-state index is 0.0506. The van der Waals surface area contributed by atoms with Crippen molar-refractivity contribution >= 4 is 22.3 Å². The molecule has 2 rings (SSSR count).